The van der Waals surface area contributed by atoms with Gasteiger partial charge in [-0.1, -0.05) is 17.7 Å². The van der Waals surface area contributed by atoms with Crippen LogP contribution in [0.2, 0.25) is 0 Å². The van der Waals surface area contributed by atoms with Gasteiger partial charge in [0.25, 0.3) is 10.1 Å². The topological polar surface area (TPSA) is 89.9 Å². The first-order valence-corrected chi connectivity index (χ1v) is 8.62. The van der Waals surface area contributed by atoms with Crippen LogP contribution in [0, 0.1) is 6.92 Å². The van der Waals surface area contributed by atoms with Crippen LogP contribution in [0.25, 0.3) is 0 Å². The first kappa shape index (κ1) is 18.0. The van der Waals surface area contributed by atoms with E-state index in [0.717, 1.165) is 5.56 Å². The van der Waals surface area contributed by atoms with Gasteiger partial charge in [0.1, 0.15) is 6.29 Å². The summed E-state index contributed by atoms with van der Waals surface area (Å²) >= 11 is 0. The van der Waals surface area contributed by atoms with E-state index in [2.05, 4.69) is 0 Å². The van der Waals surface area contributed by atoms with E-state index >= 15 is 0 Å². The number of benzene rings is 2. The van der Waals surface area contributed by atoms with Gasteiger partial charge >= 0.3 is 0 Å². The molecule has 0 aliphatic heterocycles. The molecule has 0 amide bonds. The highest BCUT2D eigenvalue weighted by molar-refractivity contribution is 7.85. The summed E-state index contributed by atoms with van der Waals surface area (Å²) in [6.07, 6.45) is 0.993. The van der Waals surface area contributed by atoms with Crippen molar-refractivity contribution in [2.75, 3.05) is 13.7 Å². The Morgan fingerprint density at radius 3 is 2.50 bits per heavy atom. The van der Waals surface area contributed by atoms with Gasteiger partial charge in [-0.25, -0.2) is 0 Å². The first-order valence-electron chi connectivity index (χ1n) is 7.18. The number of aryl methyl sites for hydroxylation is 1. The van der Waals surface area contributed by atoms with E-state index in [9.17, 15) is 17.8 Å². The number of carbonyl (C=O) groups excluding carboxylic acids is 1. The fourth-order valence-corrected chi connectivity index (χ4v) is 3.04. The molecule has 0 aliphatic rings. The Morgan fingerprint density at radius 1 is 1.12 bits per heavy atom. The largest absolute Gasteiger partial charge is 0.493 e. The lowest BCUT2D eigenvalue weighted by Gasteiger charge is -2.12. The molecule has 0 radical (unpaired) electrons. The molecular formula is C17H18O6S. The molecule has 0 aromatic heterocycles. The Bertz CT molecular complexity index is 842. The summed E-state index contributed by atoms with van der Waals surface area (Å²) in [5, 5.41) is 0. The molecular weight excluding hydrogens is 332 g/mol. The van der Waals surface area contributed by atoms with Crippen LogP contribution in [0.5, 0.6) is 11.5 Å². The summed E-state index contributed by atoms with van der Waals surface area (Å²) in [5.41, 5.74) is 1.82. The van der Waals surface area contributed by atoms with Crippen LogP contribution in [-0.2, 0) is 16.5 Å². The molecule has 0 heterocycles. The standard InChI is InChI=1S/C17H18O6S/c1-12-3-6-17(24(19,20)21)14(9-12)7-8-23-15-5-4-13(11-18)10-16(15)22-2/h3-6,9-11H,7-8H2,1-2H3,(H,19,20,21). The zero-order chi connectivity index (χ0) is 17.7. The predicted octanol–water partition coefficient (Wildman–Crippen LogP) is 2.68. The minimum Gasteiger partial charge on any atom is -0.493 e. The minimum atomic E-state index is -4.29. The number of rotatable bonds is 7. The number of hydrogen-bond donors (Lipinski definition) is 1. The summed E-state index contributed by atoms with van der Waals surface area (Å²) in [7, 11) is -2.82. The molecule has 0 spiro atoms. The second kappa shape index (κ2) is 7.46. The van der Waals surface area contributed by atoms with Crippen molar-refractivity contribution in [1.29, 1.82) is 0 Å². The zero-order valence-corrected chi connectivity index (χ0v) is 14.2. The average Bonchev–Trinajstić information content (AvgIpc) is 2.54. The van der Waals surface area contributed by atoms with Crippen LogP contribution < -0.4 is 9.47 Å². The van der Waals surface area contributed by atoms with Gasteiger partial charge in [-0.3, -0.25) is 9.35 Å². The lowest BCUT2D eigenvalue weighted by Crippen LogP contribution is -2.08. The van der Waals surface area contributed by atoms with Crippen LogP contribution in [0.3, 0.4) is 0 Å². The molecule has 0 saturated heterocycles. The molecule has 0 bridgehead atoms. The van der Waals surface area contributed by atoms with Gasteiger partial charge in [0.2, 0.25) is 0 Å². The van der Waals surface area contributed by atoms with Gasteiger partial charge in [-0.15, -0.1) is 0 Å². The smallest absolute Gasteiger partial charge is 0.294 e. The van der Waals surface area contributed by atoms with Crippen molar-refractivity contribution in [1.82, 2.24) is 0 Å². The Balaban J connectivity index is 2.16. The maximum Gasteiger partial charge on any atom is 0.294 e. The van der Waals surface area contributed by atoms with Gasteiger partial charge in [-0.2, -0.15) is 8.42 Å². The van der Waals surface area contributed by atoms with Gasteiger partial charge in [0, 0.05) is 12.0 Å². The van der Waals surface area contributed by atoms with Crippen LogP contribution in [0.1, 0.15) is 21.5 Å². The van der Waals surface area contributed by atoms with Gasteiger partial charge in [-0.05, 0) is 36.8 Å². The number of ether oxygens (including phenoxy) is 2. The normalized spacial score (nSPS) is 11.1. The van der Waals surface area contributed by atoms with Crippen molar-refractivity contribution in [2.24, 2.45) is 0 Å². The summed E-state index contributed by atoms with van der Waals surface area (Å²) in [6.45, 7) is 2.02. The molecule has 0 aliphatic carbocycles. The van der Waals surface area contributed by atoms with Gasteiger partial charge < -0.3 is 9.47 Å². The fraction of sp³-hybridized carbons (Fsp3) is 0.235. The molecule has 2 aromatic carbocycles. The summed E-state index contributed by atoms with van der Waals surface area (Å²) in [6, 6.07) is 9.45. The number of hydrogen-bond acceptors (Lipinski definition) is 5. The van der Waals surface area contributed by atoms with E-state index in [1.54, 1.807) is 30.3 Å². The van der Waals surface area contributed by atoms with Crippen molar-refractivity contribution in [3.8, 4) is 11.5 Å². The number of carbonyl (C=O) groups is 1. The van der Waals surface area contributed by atoms with E-state index in [4.69, 9.17) is 9.47 Å². The zero-order valence-electron chi connectivity index (χ0n) is 13.4. The Morgan fingerprint density at radius 2 is 1.88 bits per heavy atom. The molecule has 2 rings (SSSR count). The monoisotopic (exact) mass is 350 g/mol. The predicted molar refractivity (Wildman–Crippen MR) is 88.6 cm³/mol. The van der Waals surface area contributed by atoms with Crippen molar-refractivity contribution in [3.05, 3.63) is 53.1 Å². The Kier molecular flexibility index (Phi) is 5.58. The second-order valence-corrected chi connectivity index (χ2v) is 6.60. The maximum absolute atomic E-state index is 11.4. The summed E-state index contributed by atoms with van der Waals surface area (Å²) in [5.74, 6) is 0.864. The molecule has 2 aromatic rings. The SMILES string of the molecule is COc1cc(C=O)ccc1OCCc1cc(C)ccc1S(=O)(=O)O. The van der Waals surface area contributed by atoms with E-state index in [1.807, 2.05) is 6.92 Å². The minimum absolute atomic E-state index is 0.125. The van der Waals surface area contributed by atoms with E-state index in [0.29, 0.717) is 28.9 Å². The van der Waals surface area contributed by atoms with Gasteiger partial charge in [0.05, 0.1) is 18.6 Å². The Labute approximate surface area is 140 Å². The molecule has 0 unspecified atom stereocenters. The molecule has 1 N–H and O–H groups in total. The van der Waals surface area contributed by atoms with Crippen molar-refractivity contribution < 1.29 is 27.2 Å². The average molecular weight is 350 g/mol. The summed E-state index contributed by atoms with van der Waals surface area (Å²) < 4.78 is 42.9. The molecule has 7 heteroatoms. The van der Waals surface area contributed by atoms with E-state index < -0.39 is 10.1 Å². The van der Waals surface area contributed by atoms with Crippen LogP contribution in [0.15, 0.2) is 41.3 Å². The summed E-state index contributed by atoms with van der Waals surface area (Å²) in [4.78, 5) is 10.6. The third kappa shape index (κ3) is 4.33. The fourth-order valence-electron chi connectivity index (χ4n) is 2.30. The molecule has 128 valence electrons. The third-order valence-corrected chi connectivity index (χ3v) is 4.40. The lowest BCUT2D eigenvalue weighted by atomic mass is 10.1. The lowest BCUT2D eigenvalue weighted by molar-refractivity contribution is 0.112. The van der Waals surface area contributed by atoms with Crippen molar-refractivity contribution >= 4 is 16.4 Å². The number of methoxy groups -OCH3 is 1. The highest BCUT2D eigenvalue weighted by atomic mass is 32.2. The first-order chi connectivity index (χ1) is 11.3. The van der Waals surface area contributed by atoms with Crippen molar-refractivity contribution in [2.45, 2.75) is 18.2 Å². The highest BCUT2D eigenvalue weighted by Gasteiger charge is 2.15. The Hall–Kier alpha value is -2.38. The molecule has 0 saturated carbocycles. The second-order valence-electron chi connectivity index (χ2n) is 5.21. The molecule has 0 atom stereocenters. The maximum atomic E-state index is 11.4. The van der Waals surface area contributed by atoms with Crippen LogP contribution >= 0.6 is 0 Å². The van der Waals surface area contributed by atoms with E-state index in [-0.39, 0.29) is 17.9 Å². The molecule has 6 nitrogen and oxygen atoms in total. The van der Waals surface area contributed by atoms with Crippen LogP contribution in [-0.4, -0.2) is 33.0 Å². The molecule has 0 fully saturated rings. The van der Waals surface area contributed by atoms with Crippen LogP contribution in [0.4, 0.5) is 0 Å². The number of aldehydes is 1. The quantitative estimate of drug-likeness (QED) is 0.610. The third-order valence-electron chi connectivity index (χ3n) is 3.45. The van der Waals surface area contributed by atoms with E-state index in [1.165, 1.54) is 13.2 Å². The molecule has 24 heavy (non-hydrogen) atoms. The highest BCUT2D eigenvalue weighted by Crippen LogP contribution is 2.28. The van der Waals surface area contributed by atoms with Crippen molar-refractivity contribution in [3.63, 3.8) is 0 Å². The van der Waals surface area contributed by atoms with Gasteiger partial charge in [0.15, 0.2) is 11.5 Å².